The Hall–Kier alpha value is -2.21. The Morgan fingerprint density at radius 1 is 1.16 bits per heavy atom. The Bertz CT molecular complexity index is 698. The van der Waals surface area contributed by atoms with Crippen LogP contribution in [0, 0.1) is 11.8 Å². The van der Waals surface area contributed by atoms with Crippen molar-refractivity contribution in [1.82, 2.24) is 4.90 Å². The van der Waals surface area contributed by atoms with E-state index in [1.807, 2.05) is 0 Å². The van der Waals surface area contributed by atoms with Gasteiger partial charge in [-0.2, -0.15) is 0 Å². The molecular weight excluding hydrogens is 346 g/mol. The maximum Gasteiger partial charge on any atom is 0.306 e. The highest BCUT2D eigenvalue weighted by Gasteiger charge is 2.52. The van der Waals surface area contributed by atoms with Crippen LogP contribution >= 0.6 is 11.6 Å². The molecule has 1 aliphatic heterocycles. The number of benzene rings is 1. The maximum atomic E-state index is 12.8. The third-order valence-electron chi connectivity index (χ3n) is 4.08. The standard InChI is InChI=1S/C18H20ClNO5/c1-4-25-14(21)9-13-15(18(24)20(10(2)3)17(13)23)16(22)11-5-7-12(19)8-6-11/h5-8,10,13,15H,4,9H2,1-3H3. The summed E-state index contributed by atoms with van der Waals surface area (Å²) in [5.41, 5.74) is 0.273. The largest absolute Gasteiger partial charge is 0.466 e. The van der Waals surface area contributed by atoms with Crippen LogP contribution in [0.3, 0.4) is 0 Å². The zero-order valence-electron chi connectivity index (χ0n) is 14.3. The Morgan fingerprint density at radius 2 is 1.76 bits per heavy atom. The number of ether oxygens (including phenoxy) is 1. The lowest BCUT2D eigenvalue weighted by molar-refractivity contribution is -0.148. The van der Waals surface area contributed by atoms with Crippen LogP contribution in [0.1, 0.15) is 37.6 Å². The minimum absolute atomic E-state index is 0.164. The van der Waals surface area contributed by atoms with E-state index in [-0.39, 0.29) is 18.6 Å². The predicted octanol–water partition coefficient (Wildman–Crippen LogP) is 2.49. The minimum Gasteiger partial charge on any atom is -0.466 e. The van der Waals surface area contributed by atoms with Gasteiger partial charge in [0.2, 0.25) is 11.8 Å². The molecule has 2 unspecified atom stereocenters. The van der Waals surface area contributed by atoms with E-state index < -0.39 is 41.4 Å². The molecule has 1 aromatic carbocycles. The molecule has 0 radical (unpaired) electrons. The van der Waals surface area contributed by atoms with E-state index >= 15 is 0 Å². The van der Waals surface area contributed by atoms with Gasteiger partial charge in [0.25, 0.3) is 0 Å². The van der Waals surface area contributed by atoms with Gasteiger partial charge in [0, 0.05) is 16.6 Å². The van der Waals surface area contributed by atoms with Crippen molar-refractivity contribution in [2.45, 2.75) is 33.2 Å². The van der Waals surface area contributed by atoms with Crippen molar-refractivity contribution in [3.63, 3.8) is 0 Å². The second kappa shape index (κ2) is 7.78. The number of hydrogen-bond donors (Lipinski definition) is 0. The number of amides is 2. The van der Waals surface area contributed by atoms with Gasteiger partial charge in [-0.3, -0.25) is 24.1 Å². The average Bonchev–Trinajstić information content (AvgIpc) is 2.78. The highest BCUT2D eigenvalue weighted by atomic mass is 35.5. The molecule has 0 spiro atoms. The number of carbonyl (C=O) groups is 4. The van der Waals surface area contributed by atoms with Crippen molar-refractivity contribution in [3.8, 4) is 0 Å². The average molecular weight is 366 g/mol. The highest BCUT2D eigenvalue weighted by molar-refractivity contribution is 6.30. The van der Waals surface area contributed by atoms with Gasteiger partial charge >= 0.3 is 5.97 Å². The summed E-state index contributed by atoms with van der Waals surface area (Å²) in [6.07, 6.45) is -0.300. The normalized spacial score (nSPS) is 20.3. The quantitative estimate of drug-likeness (QED) is 0.335. The highest BCUT2D eigenvalue weighted by Crippen LogP contribution is 2.33. The van der Waals surface area contributed by atoms with Crippen molar-refractivity contribution in [2.75, 3.05) is 6.61 Å². The third kappa shape index (κ3) is 3.90. The van der Waals surface area contributed by atoms with Crippen LogP contribution in [0.2, 0.25) is 5.02 Å². The van der Waals surface area contributed by atoms with Crippen LogP contribution in [0.15, 0.2) is 24.3 Å². The summed E-state index contributed by atoms with van der Waals surface area (Å²) < 4.78 is 4.88. The molecule has 0 aromatic heterocycles. The van der Waals surface area contributed by atoms with Gasteiger partial charge in [-0.1, -0.05) is 11.6 Å². The van der Waals surface area contributed by atoms with E-state index in [0.29, 0.717) is 5.02 Å². The fourth-order valence-electron chi connectivity index (χ4n) is 2.95. The molecule has 1 aromatic rings. The van der Waals surface area contributed by atoms with E-state index in [4.69, 9.17) is 16.3 Å². The topological polar surface area (TPSA) is 80.8 Å². The van der Waals surface area contributed by atoms with Crippen LogP contribution in [0.5, 0.6) is 0 Å². The molecule has 2 rings (SSSR count). The number of ketones is 1. The Kier molecular flexibility index (Phi) is 5.95. The molecule has 1 aliphatic rings. The lowest BCUT2D eigenvalue weighted by atomic mass is 9.85. The molecule has 2 atom stereocenters. The Morgan fingerprint density at radius 3 is 2.28 bits per heavy atom. The summed E-state index contributed by atoms with van der Waals surface area (Å²) in [6.45, 7) is 5.19. The molecule has 1 heterocycles. The summed E-state index contributed by atoms with van der Waals surface area (Å²) >= 11 is 5.82. The van der Waals surface area contributed by atoms with Gasteiger partial charge in [0.15, 0.2) is 5.78 Å². The monoisotopic (exact) mass is 365 g/mol. The fourth-order valence-corrected chi connectivity index (χ4v) is 3.08. The lowest BCUT2D eigenvalue weighted by Crippen LogP contribution is -2.38. The van der Waals surface area contributed by atoms with Gasteiger partial charge < -0.3 is 4.74 Å². The number of imide groups is 1. The number of Topliss-reactive ketones (excluding diaryl/α,β-unsaturated/α-hetero) is 1. The first-order chi connectivity index (χ1) is 11.8. The SMILES string of the molecule is CCOC(=O)CC1C(=O)N(C(C)C)C(=O)C1C(=O)c1ccc(Cl)cc1. The molecule has 2 amide bonds. The van der Waals surface area contributed by atoms with Gasteiger partial charge in [-0.05, 0) is 45.0 Å². The predicted molar refractivity (Wildman–Crippen MR) is 91.0 cm³/mol. The second-order valence-electron chi connectivity index (χ2n) is 6.10. The molecule has 1 saturated heterocycles. The van der Waals surface area contributed by atoms with Crippen LogP contribution in [0.4, 0.5) is 0 Å². The number of carbonyl (C=O) groups excluding carboxylic acids is 4. The summed E-state index contributed by atoms with van der Waals surface area (Å²) in [7, 11) is 0. The van der Waals surface area contributed by atoms with Crippen LogP contribution < -0.4 is 0 Å². The van der Waals surface area contributed by atoms with Crippen molar-refractivity contribution >= 4 is 35.2 Å². The first-order valence-electron chi connectivity index (χ1n) is 8.10. The third-order valence-corrected chi connectivity index (χ3v) is 4.33. The summed E-state index contributed by atoms with van der Waals surface area (Å²) in [5.74, 6) is -4.45. The Labute approximate surface area is 151 Å². The number of rotatable bonds is 6. The summed E-state index contributed by atoms with van der Waals surface area (Å²) in [5, 5.41) is 0.456. The van der Waals surface area contributed by atoms with E-state index in [1.165, 1.54) is 24.3 Å². The van der Waals surface area contributed by atoms with Crippen molar-refractivity contribution in [2.24, 2.45) is 11.8 Å². The van der Waals surface area contributed by atoms with Crippen molar-refractivity contribution in [1.29, 1.82) is 0 Å². The van der Waals surface area contributed by atoms with Gasteiger partial charge in [0.05, 0.1) is 18.9 Å². The molecular formula is C18H20ClNO5. The van der Waals surface area contributed by atoms with Gasteiger partial charge in [-0.15, -0.1) is 0 Å². The van der Waals surface area contributed by atoms with Crippen LogP contribution in [-0.4, -0.2) is 41.1 Å². The zero-order chi connectivity index (χ0) is 18.7. The molecule has 134 valence electrons. The van der Waals surface area contributed by atoms with E-state index in [9.17, 15) is 19.2 Å². The Balaban J connectivity index is 2.37. The first-order valence-corrected chi connectivity index (χ1v) is 8.48. The van der Waals surface area contributed by atoms with Gasteiger partial charge in [0.1, 0.15) is 5.92 Å². The molecule has 7 heteroatoms. The lowest BCUT2D eigenvalue weighted by Gasteiger charge is -2.18. The second-order valence-corrected chi connectivity index (χ2v) is 6.54. The summed E-state index contributed by atoms with van der Waals surface area (Å²) in [6, 6.07) is 5.68. The molecule has 0 bridgehead atoms. The maximum absolute atomic E-state index is 12.8. The molecule has 25 heavy (non-hydrogen) atoms. The van der Waals surface area contributed by atoms with Gasteiger partial charge in [-0.25, -0.2) is 0 Å². The van der Waals surface area contributed by atoms with E-state index in [1.54, 1.807) is 20.8 Å². The van der Waals surface area contributed by atoms with Crippen molar-refractivity contribution < 1.29 is 23.9 Å². The van der Waals surface area contributed by atoms with Crippen molar-refractivity contribution in [3.05, 3.63) is 34.9 Å². The molecule has 0 N–H and O–H groups in total. The number of likely N-dealkylation sites (tertiary alicyclic amines) is 1. The summed E-state index contributed by atoms with van der Waals surface area (Å²) in [4.78, 5) is 51.1. The zero-order valence-corrected chi connectivity index (χ0v) is 15.1. The van der Waals surface area contributed by atoms with E-state index in [2.05, 4.69) is 0 Å². The smallest absolute Gasteiger partial charge is 0.306 e. The van der Waals surface area contributed by atoms with E-state index in [0.717, 1.165) is 4.90 Å². The number of hydrogen-bond acceptors (Lipinski definition) is 5. The molecule has 0 aliphatic carbocycles. The minimum atomic E-state index is -1.22. The molecule has 6 nitrogen and oxygen atoms in total. The fraction of sp³-hybridized carbons (Fsp3) is 0.444. The van der Waals surface area contributed by atoms with Crippen LogP contribution in [0.25, 0.3) is 0 Å². The molecule has 1 fully saturated rings. The number of halogens is 1. The number of esters is 1. The molecule has 0 saturated carbocycles. The first kappa shape index (κ1) is 19.1. The van der Waals surface area contributed by atoms with Crippen LogP contribution in [-0.2, 0) is 19.1 Å². The number of nitrogens with zero attached hydrogens (tertiary/aromatic N) is 1.